The van der Waals surface area contributed by atoms with Crippen LogP contribution in [0.4, 0.5) is 0 Å². The highest BCUT2D eigenvalue weighted by Gasteiger charge is 2.34. The lowest BCUT2D eigenvalue weighted by Crippen LogP contribution is -2.43. The van der Waals surface area contributed by atoms with Crippen LogP contribution in [0, 0.1) is 0 Å². The van der Waals surface area contributed by atoms with E-state index in [1.165, 1.54) is 12.6 Å². The number of rotatable bonds is 7. The Balaban J connectivity index is 2.43. The molecule has 2 rings (SSSR count). The summed E-state index contributed by atoms with van der Waals surface area (Å²) < 4.78 is 27.3. The van der Waals surface area contributed by atoms with Crippen LogP contribution in [-0.2, 0) is 16.4 Å². The summed E-state index contributed by atoms with van der Waals surface area (Å²) in [6.45, 7) is 8.77. The van der Waals surface area contributed by atoms with Crippen molar-refractivity contribution in [3.63, 3.8) is 0 Å². The van der Waals surface area contributed by atoms with Gasteiger partial charge in [-0.2, -0.15) is 0 Å². The zero-order chi connectivity index (χ0) is 17.0. The fourth-order valence-electron chi connectivity index (χ4n) is 3.93. The Morgan fingerprint density at radius 3 is 2.43 bits per heavy atom. The van der Waals surface area contributed by atoms with Crippen molar-refractivity contribution < 1.29 is 8.42 Å². The Morgan fingerprint density at radius 2 is 1.87 bits per heavy atom. The van der Waals surface area contributed by atoms with Gasteiger partial charge in [0.25, 0.3) is 0 Å². The molecule has 0 saturated carbocycles. The molecule has 0 saturated heterocycles. The topological polar surface area (TPSA) is 49.4 Å². The second kappa shape index (κ2) is 7.77. The van der Waals surface area contributed by atoms with Gasteiger partial charge in [-0.15, -0.1) is 0 Å². The minimum absolute atomic E-state index is 0.233. The lowest BCUT2D eigenvalue weighted by molar-refractivity contribution is 0.158. The SMILES string of the molecule is CCCN(CCC)C1CCc2cccc(S(=O)(=O)NC)c2C1C. The average Bonchev–Trinajstić information content (AvgIpc) is 2.54. The molecule has 0 heterocycles. The number of nitrogens with zero attached hydrogens (tertiary/aromatic N) is 1. The molecular weight excluding hydrogens is 308 g/mol. The van der Waals surface area contributed by atoms with E-state index in [9.17, 15) is 8.42 Å². The molecule has 1 N–H and O–H groups in total. The van der Waals surface area contributed by atoms with Gasteiger partial charge >= 0.3 is 0 Å². The van der Waals surface area contributed by atoms with Gasteiger partial charge in [-0.3, -0.25) is 4.90 Å². The van der Waals surface area contributed by atoms with Gasteiger partial charge in [-0.25, -0.2) is 13.1 Å². The van der Waals surface area contributed by atoms with Crippen molar-refractivity contribution in [2.24, 2.45) is 0 Å². The van der Waals surface area contributed by atoms with Crippen LogP contribution in [0.15, 0.2) is 23.1 Å². The lowest BCUT2D eigenvalue weighted by Gasteiger charge is -2.40. The Morgan fingerprint density at radius 1 is 1.22 bits per heavy atom. The molecule has 0 bridgehead atoms. The van der Waals surface area contributed by atoms with E-state index < -0.39 is 10.0 Å². The summed E-state index contributed by atoms with van der Waals surface area (Å²) in [4.78, 5) is 3.01. The molecule has 0 aromatic heterocycles. The van der Waals surface area contributed by atoms with Crippen LogP contribution in [0.25, 0.3) is 0 Å². The van der Waals surface area contributed by atoms with E-state index in [2.05, 4.69) is 36.5 Å². The molecule has 0 radical (unpaired) electrons. The normalized spacial score (nSPS) is 21.4. The fraction of sp³-hybridized carbons (Fsp3) is 0.667. The van der Waals surface area contributed by atoms with Crippen molar-refractivity contribution >= 4 is 10.0 Å². The number of sulfonamides is 1. The first-order valence-electron chi connectivity index (χ1n) is 8.75. The smallest absolute Gasteiger partial charge is 0.240 e. The molecule has 4 nitrogen and oxygen atoms in total. The van der Waals surface area contributed by atoms with Crippen molar-refractivity contribution in [3.05, 3.63) is 29.3 Å². The summed E-state index contributed by atoms with van der Waals surface area (Å²) in [7, 11) is -1.93. The predicted octanol–water partition coefficient (Wildman–Crippen LogP) is 3.14. The minimum Gasteiger partial charge on any atom is -0.300 e. The van der Waals surface area contributed by atoms with Gasteiger partial charge in [-0.1, -0.05) is 32.9 Å². The number of nitrogens with one attached hydrogen (secondary N) is 1. The van der Waals surface area contributed by atoms with Gasteiger partial charge in [-0.05, 0) is 68.9 Å². The van der Waals surface area contributed by atoms with Crippen LogP contribution in [0.3, 0.4) is 0 Å². The van der Waals surface area contributed by atoms with Crippen molar-refractivity contribution in [2.45, 2.75) is 63.3 Å². The van der Waals surface area contributed by atoms with E-state index in [-0.39, 0.29) is 5.92 Å². The molecule has 5 heteroatoms. The monoisotopic (exact) mass is 338 g/mol. The van der Waals surface area contributed by atoms with Crippen molar-refractivity contribution in [2.75, 3.05) is 20.1 Å². The molecular formula is C18H30N2O2S. The molecule has 1 aliphatic carbocycles. The van der Waals surface area contributed by atoms with Crippen molar-refractivity contribution in [1.29, 1.82) is 0 Å². The summed E-state index contributed by atoms with van der Waals surface area (Å²) >= 11 is 0. The predicted molar refractivity (Wildman–Crippen MR) is 95.4 cm³/mol. The summed E-state index contributed by atoms with van der Waals surface area (Å²) in [5.41, 5.74) is 2.22. The third kappa shape index (κ3) is 3.78. The molecule has 130 valence electrons. The summed E-state index contributed by atoms with van der Waals surface area (Å²) in [5.74, 6) is 0.233. The summed E-state index contributed by atoms with van der Waals surface area (Å²) in [5, 5.41) is 0. The Kier molecular flexibility index (Phi) is 6.23. The number of aryl methyl sites for hydroxylation is 1. The zero-order valence-electron chi connectivity index (χ0n) is 14.8. The molecule has 0 spiro atoms. The Hall–Kier alpha value is -0.910. The van der Waals surface area contributed by atoms with Crippen LogP contribution in [0.2, 0.25) is 0 Å². The number of hydrogen-bond donors (Lipinski definition) is 1. The van der Waals surface area contributed by atoms with E-state index in [1.54, 1.807) is 6.07 Å². The summed E-state index contributed by atoms with van der Waals surface area (Å²) in [6, 6.07) is 6.12. The van der Waals surface area contributed by atoms with Crippen LogP contribution in [0.1, 0.15) is 57.1 Å². The average molecular weight is 339 g/mol. The highest BCUT2D eigenvalue weighted by Crippen LogP contribution is 2.38. The molecule has 2 unspecified atom stereocenters. The second-order valence-electron chi connectivity index (χ2n) is 6.47. The quantitative estimate of drug-likeness (QED) is 0.831. The van der Waals surface area contributed by atoms with Gasteiger partial charge in [0, 0.05) is 6.04 Å². The fourth-order valence-corrected chi connectivity index (χ4v) is 5.02. The minimum atomic E-state index is -3.41. The van der Waals surface area contributed by atoms with Crippen LogP contribution in [0.5, 0.6) is 0 Å². The third-order valence-electron chi connectivity index (χ3n) is 4.95. The van der Waals surface area contributed by atoms with E-state index in [0.717, 1.165) is 44.3 Å². The molecule has 23 heavy (non-hydrogen) atoms. The first-order chi connectivity index (χ1) is 11.0. The van der Waals surface area contributed by atoms with Crippen molar-refractivity contribution in [1.82, 2.24) is 9.62 Å². The standard InChI is InChI=1S/C18H30N2O2S/c1-5-12-20(13-6-2)16-11-10-15-8-7-9-17(18(15)14(16)3)23(21,22)19-4/h7-9,14,16,19H,5-6,10-13H2,1-4H3. The van der Waals surface area contributed by atoms with E-state index in [0.29, 0.717) is 10.9 Å². The lowest BCUT2D eigenvalue weighted by atomic mass is 9.79. The van der Waals surface area contributed by atoms with Gasteiger partial charge in [0.2, 0.25) is 10.0 Å². The first-order valence-corrected chi connectivity index (χ1v) is 10.2. The highest BCUT2D eigenvalue weighted by atomic mass is 32.2. The maximum absolute atomic E-state index is 12.4. The summed E-state index contributed by atoms with van der Waals surface area (Å²) in [6.07, 6.45) is 4.33. The van der Waals surface area contributed by atoms with E-state index >= 15 is 0 Å². The Labute approximate surface area is 141 Å². The molecule has 2 atom stereocenters. The molecule has 0 aliphatic heterocycles. The molecule has 1 aliphatic rings. The zero-order valence-corrected chi connectivity index (χ0v) is 15.6. The number of fused-ring (bicyclic) bond motifs is 1. The second-order valence-corrected chi connectivity index (χ2v) is 8.32. The van der Waals surface area contributed by atoms with Crippen LogP contribution in [-0.4, -0.2) is 39.5 Å². The molecule has 0 fully saturated rings. The van der Waals surface area contributed by atoms with Gasteiger partial charge in [0.05, 0.1) is 4.90 Å². The van der Waals surface area contributed by atoms with E-state index in [4.69, 9.17) is 0 Å². The Bertz CT molecular complexity index is 622. The first kappa shape index (κ1) is 18.4. The van der Waals surface area contributed by atoms with Crippen LogP contribution >= 0.6 is 0 Å². The third-order valence-corrected chi connectivity index (χ3v) is 6.42. The highest BCUT2D eigenvalue weighted by molar-refractivity contribution is 7.89. The molecule has 1 aromatic carbocycles. The van der Waals surface area contributed by atoms with Gasteiger partial charge in [0.1, 0.15) is 0 Å². The number of hydrogen-bond acceptors (Lipinski definition) is 3. The van der Waals surface area contributed by atoms with Gasteiger partial charge in [0.15, 0.2) is 0 Å². The molecule has 1 aromatic rings. The van der Waals surface area contributed by atoms with Crippen LogP contribution < -0.4 is 4.72 Å². The molecule has 0 amide bonds. The maximum atomic E-state index is 12.4. The largest absolute Gasteiger partial charge is 0.300 e. The maximum Gasteiger partial charge on any atom is 0.240 e. The van der Waals surface area contributed by atoms with Crippen molar-refractivity contribution in [3.8, 4) is 0 Å². The van der Waals surface area contributed by atoms with E-state index in [1.807, 2.05) is 6.07 Å². The number of benzene rings is 1. The van der Waals surface area contributed by atoms with Gasteiger partial charge < -0.3 is 0 Å².